The van der Waals surface area contributed by atoms with Gasteiger partial charge < -0.3 is 19.5 Å². The van der Waals surface area contributed by atoms with Crippen molar-refractivity contribution < 1.29 is 32.9 Å². The third kappa shape index (κ3) is 6.97. The highest BCUT2D eigenvalue weighted by atomic mass is 35.5. The van der Waals surface area contributed by atoms with Gasteiger partial charge in [-0.25, -0.2) is 0 Å². The normalized spacial score (nSPS) is 14.2. The van der Waals surface area contributed by atoms with Gasteiger partial charge in [0, 0.05) is 28.2 Å². The minimum Gasteiger partial charge on any atom is -0.493 e. The Morgan fingerprint density at radius 1 is 1.16 bits per heavy atom. The van der Waals surface area contributed by atoms with Crippen molar-refractivity contribution in [3.8, 4) is 11.5 Å². The molecule has 0 bridgehead atoms. The highest BCUT2D eigenvalue weighted by molar-refractivity contribution is 7.59. The number of fused-ring (bicyclic) bond motifs is 1. The molecule has 3 rings (SSSR count). The van der Waals surface area contributed by atoms with E-state index in [0.717, 1.165) is 4.70 Å². The summed E-state index contributed by atoms with van der Waals surface area (Å²) in [4.78, 5) is 25.7. The van der Waals surface area contributed by atoms with E-state index in [-0.39, 0.29) is 0 Å². The topological polar surface area (TPSA) is 100 Å². The summed E-state index contributed by atoms with van der Waals surface area (Å²) in [5, 5.41) is 5.65. The lowest BCUT2D eigenvalue weighted by Crippen LogP contribution is -2.27. The Morgan fingerprint density at radius 2 is 1.89 bits per heavy atom. The highest BCUT2D eigenvalue weighted by Crippen LogP contribution is 2.59. The van der Waals surface area contributed by atoms with E-state index >= 15 is 0 Å². The fourth-order valence-electron chi connectivity index (χ4n) is 3.65. The molecule has 1 N–H and O–H groups in total. The zero-order valence-corrected chi connectivity index (χ0v) is 24.5. The molecule has 38 heavy (non-hydrogen) atoms. The van der Waals surface area contributed by atoms with E-state index in [1.165, 1.54) is 38.4 Å². The van der Waals surface area contributed by atoms with Gasteiger partial charge in [-0.1, -0.05) is 23.7 Å². The number of hydrogen-bond acceptors (Lipinski definition) is 8. The van der Waals surface area contributed by atoms with Crippen LogP contribution in [0.25, 0.3) is 16.2 Å². The second-order valence-electron chi connectivity index (χ2n) is 9.50. The molecule has 1 heterocycles. The van der Waals surface area contributed by atoms with Crippen LogP contribution < -0.4 is 14.8 Å². The molecule has 0 aliphatic rings. The van der Waals surface area contributed by atoms with Crippen molar-refractivity contribution in [2.75, 3.05) is 27.7 Å². The molecule has 0 spiro atoms. The fourth-order valence-corrected chi connectivity index (χ4v) is 6.52. The molecule has 3 aromatic rings. The van der Waals surface area contributed by atoms with Crippen molar-refractivity contribution in [2.45, 2.75) is 26.4 Å². The lowest BCUT2D eigenvalue weighted by molar-refractivity contribution is -0.159. The molecular formula is C27H31ClNO7PS. The predicted molar refractivity (Wildman–Crippen MR) is 151 cm³/mol. The number of carbonyl (C=O) groups is 2. The number of nitrogens with one attached hydrogen (secondary N) is 1. The summed E-state index contributed by atoms with van der Waals surface area (Å²) in [6.45, 7) is 5.89. The first kappa shape index (κ1) is 29.7. The number of ether oxygens (including phenoxy) is 3. The quantitative estimate of drug-likeness (QED) is 0.159. The molecule has 0 radical (unpaired) electrons. The smallest absolute Gasteiger partial charge is 0.313 e. The maximum atomic E-state index is 13.9. The molecule has 11 heteroatoms. The Labute approximate surface area is 231 Å². The Hall–Kier alpha value is -2.84. The van der Waals surface area contributed by atoms with Crippen LogP contribution in [0.5, 0.6) is 11.5 Å². The van der Waals surface area contributed by atoms with E-state index in [1.807, 2.05) is 6.07 Å². The number of esters is 1. The standard InChI is InChI=1S/C27H31ClNO7PS/c1-27(2,3)26(31)35-16-36-37(6,32)24(20-15-38-22-11-10-18(28)14-19(20)22)25(30)29-13-12-17-8-7-9-21(33-4)23(17)34-5/h7-15,24H,16H2,1-6H3,(H,29,30)/b13-12+. The van der Waals surface area contributed by atoms with Gasteiger partial charge in [-0.15, -0.1) is 11.3 Å². The van der Waals surface area contributed by atoms with Crippen molar-refractivity contribution in [2.24, 2.45) is 5.41 Å². The number of benzene rings is 2. The van der Waals surface area contributed by atoms with Gasteiger partial charge in [-0.3, -0.25) is 18.7 Å². The Balaban J connectivity index is 1.91. The van der Waals surface area contributed by atoms with Crippen molar-refractivity contribution in [3.05, 3.63) is 64.1 Å². The van der Waals surface area contributed by atoms with E-state index in [9.17, 15) is 14.2 Å². The highest BCUT2D eigenvalue weighted by Gasteiger charge is 2.39. The zero-order chi connectivity index (χ0) is 28.1. The summed E-state index contributed by atoms with van der Waals surface area (Å²) < 4.78 is 36.2. The van der Waals surface area contributed by atoms with Crippen molar-refractivity contribution in [1.29, 1.82) is 0 Å². The first-order valence-electron chi connectivity index (χ1n) is 11.6. The summed E-state index contributed by atoms with van der Waals surface area (Å²) in [5.74, 6) is -0.0328. The molecule has 204 valence electrons. The Bertz CT molecular complexity index is 1400. The van der Waals surface area contributed by atoms with Crippen molar-refractivity contribution in [3.63, 3.8) is 0 Å². The number of methoxy groups -OCH3 is 2. The summed E-state index contributed by atoms with van der Waals surface area (Å²) in [6, 6.07) is 10.7. The summed E-state index contributed by atoms with van der Waals surface area (Å²) >= 11 is 7.62. The molecule has 0 saturated carbocycles. The molecule has 1 aromatic heterocycles. The van der Waals surface area contributed by atoms with E-state index in [1.54, 1.807) is 62.6 Å². The number of carbonyl (C=O) groups excluding carboxylic acids is 2. The summed E-state index contributed by atoms with van der Waals surface area (Å²) in [6.07, 6.45) is 3.08. The average molecular weight is 580 g/mol. The molecule has 2 aromatic carbocycles. The molecule has 1 amide bonds. The van der Waals surface area contributed by atoms with Crippen LogP contribution in [-0.4, -0.2) is 39.6 Å². The molecule has 2 unspecified atom stereocenters. The zero-order valence-electron chi connectivity index (χ0n) is 22.1. The minimum absolute atomic E-state index is 0.479. The Morgan fingerprint density at radius 3 is 2.55 bits per heavy atom. The average Bonchev–Trinajstić information content (AvgIpc) is 3.25. The number of hydrogen-bond donors (Lipinski definition) is 1. The summed E-state index contributed by atoms with van der Waals surface area (Å²) in [7, 11) is -0.664. The van der Waals surface area contributed by atoms with Gasteiger partial charge in [-0.2, -0.15) is 0 Å². The second-order valence-corrected chi connectivity index (χ2v) is 13.4. The number of thiophene rings is 1. The van der Waals surface area contributed by atoms with Gasteiger partial charge in [-0.05, 0) is 67.4 Å². The monoisotopic (exact) mass is 579 g/mol. The van der Waals surface area contributed by atoms with Crippen LogP contribution in [0.15, 0.2) is 48.0 Å². The van der Waals surface area contributed by atoms with Crippen LogP contribution in [0.2, 0.25) is 5.02 Å². The first-order valence-corrected chi connectivity index (χ1v) is 15.0. The molecule has 0 aliphatic heterocycles. The van der Waals surface area contributed by atoms with E-state index in [0.29, 0.717) is 33.0 Å². The van der Waals surface area contributed by atoms with Gasteiger partial charge in [0.15, 0.2) is 18.3 Å². The van der Waals surface area contributed by atoms with E-state index in [2.05, 4.69) is 5.32 Å². The van der Waals surface area contributed by atoms with Gasteiger partial charge in [0.25, 0.3) is 0 Å². The number of amides is 1. The largest absolute Gasteiger partial charge is 0.493 e. The number of halogens is 1. The number of rotatable bonds is 10. The maximum Gasteiger partial charge on any atom is 0.313 e. The molecule has 0 saturated heterocycles. The third-order valence-electron chi connectivity index (χ3n) is 5.61. The van der Waals surface area contributed by atoms with Gasteiger partial charge in [0.2, 0.25) is 13.3 Å². The van der Waals surface area contributed by atoms with Crippen molar-refractivity contribution in [1.82, 2.24) is 5.32 Å². The fraction of sp³-hybridized carbons (Fsp3) is 0.333. The third-order valence-corrected chi connectivity index (χ3v) is 8.90. The number of para-hydroxylation sites is 1. The van der Waals surface area contributed by atoms with Crippen molar-refractivity contribution >= 4 is 58.3 Å². The molecular weight excluding hydrogens is 549 g/mol. The molecule has 8 nitrogen and oxygen atoms in total. The van der Waals surface area contributed by atoms with Crippen LogP contribution in [-0.2, 0) is 23.4 Å². The van der Waals surface area contributed by atoms with Gasteiger partial charge in [0.1, 0.15) is 5.66 Å². The molecule has 0 fully saturated rings. The van der Waals surface area contributed by atoms with E-state index in [4.69, 9.17) is 30.3 Å². The van der Waals surface area contributed by atoms with Crippen LogP contribution in [0.3, 0.4) is 0 Å². The minimum atomic E-state index is -3.72. The van der Waals surface area contributed by atoms with E-state index < -0.39 is 37.1 Å². The van der Waals surface area contributed by atoms with Crippen LogP contribution in [0.4, 0.5) is 0 Å². The lowest BCUT2D eigenvalue weighted by atomic mass is 9.98. The van der Waals surface area contributed by atoms with Crippen LogP contribution >= 0.6 is 30.3 Å². The maximum absolute atomic E-state index is 13.9. The Kier molecular flexibility index (Phi) is 9.65. The summed E-state index contributed by atoms with van der Waals surface area (Å²) in [5.41, 5.74) is -0.781. The lowest BCUT2D eigenvalue weighted by Gasteiger charge is -2.24. The molecule has 0 aliphatic carbocycles. The van der Waals surface area contributed by atoms with Gasteiger partial charge >= 0.3 is 5.97 Å². The van der Waals surface area contributed by atoms with Crippen LogP contribution in [0, 0.1) is 5.41 Å². The molecule has 2 atom stereocenters. The van der Waals surface area contributed by atoms with Crippen LogP contribution in [0.1, 0.15) is 37.6 Å². The first-order chi connectivity index (χ1) is 17.9. The second kappa shape index (κ2) is 12.3. The SMILES string of the molecule is COc1cccc(/C=C/NC(=O)C(c2csc3ccc(Cl)cc23)P(C)(=O)OCOC(=O)C(C)(C)C)c1OC. The van der Waals surface area contributed by atoms with Gasteiger partial charge in [0.05, 0.1) is 19.6 Å². The predicted octanol–water partition coefficient (Wildman–Crippen LogP) is 6.87.